The van der Waals surface area contributed by atoms with Crippen LogP contribution in [-0.4, -0.2) is 71.0 Å². The van der Waals surface area contributed by atoms with Gasteiger partial charge in [-0.15, -0.1) is 0 Å². The van der Waals surface area contributed by atoms with E-state index >= 15 is 0 Å². The molecule has 8 nitrogen and oxygen atoms in total. The molecule has 3 aromatic rings. The summed E-state index contributed by atoms with van der Waals surface area (Å²) < 4.78 is 35.6. The summed E-state index contributed by atoms with van der Waals surface area (Å²) in [5.41, 5.74) is 2.76. The highest BCUT2D eigenvalue weighted by Gasteiger charge is 2.32. The van der Waals surface area contributed by atoms with Crippen molar-refractivity contribution < 1.29 is 17.9 Å². The highest BCUT2D eigenvalue weighted by atomic mass is 32.2. The van der Waals surface area contributed by atoms with Crippen molar-refractivity contribution in [2.75, 3.05) is 33.4 Å². The average molecular weight is 569 g/mol. The van der Waals surface area contributed by atoms with Crippen LogP contribution in [0.25, 0.3) is 23.0 Å². The lowest BCUT2D eigenvalue weighted by Gasteiger charge is -2.26. The molecule has 0 atom stereocenters. The van der Waals surface area contributed by atoms with Gasteiger partial charge in [-0.05, 0) is 43.2 Å². The van der Waals surface area contributed by atoms with Crippen LogP contribution in [0.4, 0.5) is 0 Å². The Bertz CT molecular complexity index is 1480. The van der Waals surface area contributed by atoms with Crippen molar-refractivity contribution in [1.29, 1.82) is 0 Å². The standard InChI is InChI=1S/C27H28N4O4S3/c1-35-16-15-30-26(32)24(37-27(30)36)18-21-19-31(22-10-4-2-5-11-22)28-25(21)20-9-8-12-23(17-20)38(33,34)29-13-6-3-7-14-29/h2,4-5,8-12,17-19H,3,6-7,13-16H2,1H3. The van der Waals surface area contributed by atoms with Crippen molar-refractivity contribution in [1.82, 2.24) is 19.0 Å². The maximum absolute atomic E-state index is 13.4. The van der Waals surface area contributed by atoms with Gasteiger partial charge in [-0.25, -0.2) is 13.1 Å². The third-order valence-corrected chi connectivity index (χ3v) is 9.78. The van der Waals surface area contributed by atoms with E-state index in [4.69, 9.17) is 22.1 Å². The number of benzene rings is 2. The molecule has 2 saturated heterocycles. The van der Waals surface area contributed by atoms with Crippen LogP contribution in [0.3, 0.4) is 0 Å². The van der Waals surface area contributed by atoms with Crippen LogP contribution in [0.15, 0.2) is 70.6 Å². The number of ether oxygens (including phenoxy) is 1. The third-order valence-electron chi connectivity index (χ3n) is 6.50. The van der Waals surface area contributed by atoms with Gasteiger partial charge in [-0.2, -0.15) is 9.40 Å². The zero-order valence-electron chi connectivity index (χ0n) is 20.9. The normalized spacial score (nSPS) is 18.0. The first-order valence-electron chi connectivity index (χ1n) is 12.4. The number of hydrogen-bond donors (Lipinski definition) is 0. The van der Waals surface area contributed by atoms with Crippen LogP contribution >= 0.6 is 24.0 Å². The molecule has 1 aromatic heterocycles. The molecule has 0 aliphatic carbocycles. The first-order chi connectivity index (χ1) is 18.4. The lowest BCUT2D eigenvalue weighted by molar-refractivity contribution is -0.122. The Hall–Kier alpha value is -2.83. The highest BCUT2D eigenvalue weighted by Crippen LogP contribution is 2.35. The van der Waals surface area contributed by atoms with Crippen molar-refractivity contribution in [2.45, 2.75) is 24.2 Å². The molecule has 0 radical (unpaired) electrons. The summed E-state index contributed by atoms with van der Waals surface area (Å²) in [6, 6.07) is 16.5. The molecule has 38 heavy (non-hydrogen) atoms. The van der Waals surface area contributed by atoms with E-state index in [1.165, 1.54) is 16.7 Å². The second-order valence-electron chi connectivity index (χ2n) is 9.03. The summed E-state index contributed by atoms with van der Waals surface area (Å²) >= 11 is 6.67. The minimum absolute atomic E-state index is 0.183. The molecule has 0 unspecified atom stereocenters. The van der Waals surface area contributed by atoms with Gasteiger partial charge >= 0.3 is 0 Å². The van der Waals surface area contributed by atoms with Gasteiger partial charge in [-0.1, -0.05) is 60.7 Å². The number of piperidine rings is 1. The van der Waals surface area contributed by atoms with Crippen molar-refractivity contribution in [3.63, 3.8) is 0 Å². The maximum atomic E-state index is 13.4. The molecule has 1 amide bonds. The number of thioether (sulfide) groups is 1. The molecule has 0 spiro atoms. The second kappa shape index (κ2) is 11.5. The van der Waals surface area contributed by atoms with Gasteiger partial charge in [0.05, 0.1) is 28.6 Å². The van der Waals surface area contributed by atoms with E-state index in [0.29, 0.717) is 52.3 Å². The zero-order chi connectivity index (χ0) is 26.7. The van der Waals surface area contributed by atoms with Crippen molar-refractivity contribution in [3.8, 4) is 16.9 Å². The van der Waals surface area contributed by atoms with Crippen LogP contribution in [0.5, 0.6) is 0 Å². The Balaban J connectivity index is 1.56. The number of sulfonamides is 1. The fraction of sp³-hybridized carbons (Fsp3) is 0.296. The van der Waals surface area contributed by atoms with Gasteiger partial charge in [0.25, 0.3) is 5.91 Å². The molecule has 198 valence electrons. The minimum atomic E-state index is -3.62. The van der Waals surface area contributed by atoms with Crippen LogP contribution in [0.2, 0.25) is 0 Å². The Morgan fingerprint density at radius 1 is 1.08 bits per heavy atom. The first kappa shape index (κ1) is 26.8. The average Bonchev–Trinajstić information content (AvgIpc) is 3.48. The monoisotopic (exact) mass is 568 g/mol. The van der Waals surface area contributed by atoms with Crippen molar-refractivity contribution in [3.05, 3.63) is 71.3 Å². The molecular weight excluding hydrogens is 541 g/mol. The molecule has 2 aliphatic heterocycles. The number of aromatic nitrogens is 2. The molecule has 2 fully saturated rings. The lowest BCUT2D eigenvalue weighted by Crippen LogP contribution is -2.35. The van der Waals surface area contributed by atoms with Gasteiger partial charge < -0.3 is 4.74 Å². The summed E-state index contributed by atoms with van der Waals surface area (Å²) in [6.07, 6.45) is 6.40. The van der Waals surface area contributed by atoms with E-state index in [1.807, 2.05) is 42.6 Å². The van der Waals surface area contributed by atoms with Gasteiger partial charge in [0.1, 0.15) is 10.0 Å². The Morgan fingerprint density at radius 3 is 2.58 bits per heavy atom. The van der Waals surface area contributed by atoms with E-state index < -0.39 is 10.0 Å². The number of methoxy groups -OCH3 is 1. The number of carbonyl (C=O) groups excluding carboxylic acids is 1. The SMILES string of the molecule is COCCN1C(=O)C(=Cc2cn(-c3ccccc3)nc2-c2cccc(S(=O)(=O)N3CCCCC3)c2)SC1=S. The van der Waals surface area contributed by atoms with E-state index in [0.717, 1.165) is 24.9 Å². The minimum Gasteiger partial charge on any atom is -0.383 e. The first-order valence-corrected chi connectivity index (χ1v) is 15.0. The number of amides is 1. The third kappa shape index (κ3) is 5.48. The maximum Gasteiger partial charge on any atom is 0.266 e. The summed E-state index contributed by atoms with van der Waals surface area (Å²) in [4.78, 5) is 15.3. The number of thiocarbonyl (C=S) groups is 1. The Kier molecular flexibility index (Phi) is 8.10. The summed E-state index contributed by atoms with van der Waals surface area (Å²) in [7, 11) is -2.04. The highest BCUT2D eigenvalue weighted by molar-refractivity contribution is 8.26. The molecular formula is C27H28N4O4S3. The fourth-order valence-electron chi connectivity index (χ4n) is 4.51. The number of hydrogen-bond acceptors (Lipinski definition) is 7. The quantitative estimate of drug-likeness (QED) is 0.291. The van der Waals surface area contributed by atoms with Crippen molar-refractivity contribution >= 4 is 50.3 Å². The smallest absolute Gasteiger partial charge is 0.266 e. The van der Waals surface area contributed by atoms with E-state index in [-0.39, 0.29) is 10.8 Å². The predicted octanol–water partition coefficient (Wildman–Crippen LogP) is 4.56. The molecule has 2 aromatic carbocycles. The lowest BCUT2D eigenvalue weighted by atomic mass is 10.1. The summed E-state index contributed by atoms with van der Waals surface area (Å²) in [6.45, 7) is 1.83. The van der Waals surface area contributed by atoms with Crippen molar-refractivity contribution in [2.24, 2.45) is 0 Å². The van der Waals surface area contributed by atoms with Crippen LogP contribution in [-0.2, 0) is 19.6 Å². The van der Waals surface area contributed by atoms with Gasteiger partial charge in [0.2, 0.25) is 10.0 Å². The van der Waals surface area contributed by atoms with Crippen LogP contribution in [0.1, 0.15) is 24.8 Å². The fourth-order valence-corrected chi connectivity index (χ4v) is 7.37. The Labute approximate surface area is 232 Å². The van der Waals surface area contributed by atoms with E-state index in [2.05, 4.69) is 0 Å². The number of para-hydroxylation sites is 1. The molecule has 0 saturated carbocycles. The number of carbonyl (C=O) groups is 1. The van der Waals surface area contributed by atoms with E-state index in [9.17, 15) is 13.2 Å². The Morgan fingerprint density at radius 2 is 1.84 bits per heavy atom. The van der Waals surface area contributed by atoms with Gasteiger partial charge in [-0.3, -0.25) is 9.69 Å². The van der Waals surface area contributed by atoms with Gasteiger partial charge in [0.15, 0.2) is 0 Å². The number of nitrogens with zero attached hydrogens (tertiary/aromatic N) is 4. The molecule has 0 bridgehead atoms. The summed E-state index contributed by atoms with van der Waals surface area (Å²) in [5, 5.41) is 4.82. The largest absolute Gasteiger partial charge is 0.383 e. The molecule has 0 N–H and O–H groups in total. The topological polar surface area (TPSA) is 84.7 Å². The second-order valence-corrected chi connectivity index (χ2v) is 12.6. The van der Waals surface area contributed by atoms with Crippen LogP contribution in [0, 0.1) is 0 Å². The van der Waals surface area contributed by atoms with Gasteiger partial charge in [0, 0.05) is 37.5 Å². The van der Waals surface area contributed by atoms with E-state index in [1.54, 1.807) is 40.4 Å². The van der Waals surface area contributed by atoms with Crippen LogP contribution < -0.4 is 0 Å². The molecule has 3 heterocycles. The zero-order valence-corrected chi connectivity index (χ0v) is 23.4. The molecule has 11 heteroatoms. The molecule has 2 aliphatic rings. The predicted molar refractivity (Wildman–Crippen MR) is 153 cm³/mol. The summed E-state index contributed by atoms with van der Waals surface area (Å²) in [5.74, 6) is -0.183. The number of rotatable bonds is 8. The molecule has 5 rings (SSSR count).